The molecule has 0 saturated heterocycles. The largest absolute Gasteiger partial charge is 0.508 e. The predicted molar refractivity (Wildman–Crippen MR) is 60.9 cm³/mol. The van der Waals surface area contributed by atoms with Crippen molar-refractivity contribution in [1.82, 2.24) is 4.90 Å². The second-order valence-electron chi connectivity index (χ2n) is 4.19. The fraction of sp³-hybridized carbons (Fsp3) is 0.417. The average Bonchev–Trinajstić information content (AvgIpc) is 3.07. The minimum Gasteiger partial charge on any atom is -0.508 e. The summed E-state index contributed by atoms with van der Waals surface area (Å²) in [6, 6.07) is 3.98. The van der Waals surface area contributed by atoms with Crippen LogP contribution in [0.1, 0.15) is 23.2 Å². The molecule has 2 rings (SSSR count). The van der Waals surface area contributed by atoms with Crippen LogP contribution in [0.4, 0.5) is 0 Å². The van der Waals surface area contributed by atoms with Gasteiger partial charge in [-0.05, 0) is 25.0 Å². The number of aromatic hydroxyl groups is 2. The second-order valence-corrected chi connectivity index (χ2v) is 4.19. The van der Waals surface area contributed by atoms with E-state index in [1.807, 2.05) is 0 Å². The molecule has 1 aliphatic rings. The zero-order valence-corrected chi connectivity index (χ0v) is 9.33. The summed E-state index contributed by atoms with van der Waals surface area (Å²) in [6.07, 6.45) is 1.88. The van der Waals surface area contributed by atoms with E-state index in [9.17, 15) is 15.0 Å². The van der Waals surface area contributed by atoms with Crippen LogP contribution in [0.25, 0.3) is 0 Å². The SMILES string of the molecule is O=C(c1cc(O)cc(O)c1)N(CCO)C1CC1. The third kappa shape index (κ3) is 2.68. The predicted octanol–water partition coefficient (Wildman–Crippen LogP) is 0.695. The first-order valence-corrected chi connectivity index (χ1v) is 5.56. The van der Waals surface area contributed by atoms with Gasteiger partial charge in [0.2, 0.25) is 0 Å². The van der Waals surface area contributed by atoms with Crippen LogP contribution in [0.3, 0.4) is 0 Å². The average molecular weight is 237 g/mol. The number of aliphatic hydroxyl groups is 1. The molecule has 0 spiro atoms. The Morgan fingerprint density at radius 1 is 1.24 bits per heavy atom. The van der Waals surface area contributed by atoms with Gasteiger partial charge in [-0.1, -0.05) is 0 Å². The van der Waals surface area contributed by atoms with E-state index in [2.05, 4.69) is 0 Å². The standard InChI is InChI=1S/C12H15NO4/c14-4-3-13(9-1-2-9)12(17)8-5-10(15)7-11(16)6-8/h5-7,9,14-16H,1-4H2. The molecule has 5 nitrogen and oxygen atoms in total. The van der Waals surface area contributed by atoms with Gasteiger partial charge in [0, 0.05) is 24.2 Å². The summed E-state index contributed by atoms with van der Waals surface area (Å²) in [5, 5.41) is 27.6. The Bertz CT molecular complexity index is 408. The van der Waals surface area contributed by atoms with Gasteiger partial charge in [-0.25, -0.2) is 0 Å². The first kappa shape index (κ1) is 11.7. The molecule has 0 unspecified atom stereocenters. The van der Waals surface area contributed by atoms with Crippen molar-refractivity contribution in [3.8, 4) is 11.5 Å². The van der Waals surface area contributed by atoms with Crippen LogP contribution in [-0.2, 0) is 0 Å². The number of benzene rings is 1. The van der Waals surface area contributed by atoms with Crippen molar-refractivity contribution < 1.29 is 20.1 Å². The van der Waals surface area contributed by atoms with Crippen molar-refractivity contribution in [3.63, 3.8) is 0 Å². The molecule has 0 aromatic heterocycles. The number of hydrogen-bond acceptors (Lipinski definition) is 4. The monoisotopic (exact) mass is 237 g/mol. The van der Waals surface area contributed by atoms with Gasteiger partial charge in [0.1, 0.15) is 11.5 Å². The quantitative estimate of drug-likeness (QED) is 0.720. The van der Waals surface area contributed by atoms with Crippen molar-refractivity contribution >= 4 is 5.91 Å². The Morgan fingerprint density at radius 3 is 2.29 bits per heavy atom. The number of carbonyl (C=O) groups excluding carboxylic acids is 1. The molecule has 5 heteroatoms. The van der Waals surface area contributed by atoms with Crippen LogP contribution in [0.2, 0.25) is 0 Å². The van der Waals surface area contributed by atoms with Gasteiger partial charge in [-0.2, -0.15) is 0 Å². The smallest absolute Gasteiger partial charge is 0.254 e. The molecular formula is C12H15NO4. The highest BCUT2D eigenvalue weighted by Crippen LogP contribution is 2.29. The lowest BCUT2D eigenvalue weighted by Crippen LogP contribution is -2.35. The molecule has 1 amide bonds. The zero-order valence-electron chi connectivity index (χ0n) is 9.33. The summed E-state index contributed by atoms with van der Waals surface area (Å²) in [6.45, 7) is 0.187. The van der Waals surface area contributed by atoms with Crippen LogP contribution >= 0.6 is 0 Å². The highest BCUT2D eigenvalue weighted by atomic mass is 16.3. The molecule has 1 fully saturated rings. The Labute approximate surface area is 98.9 Å². The molecule has 92 valence electrons. The van der Waals surface area contributed by atoms with Gasteiger partial charge >= 0.3 is 0 Å². The van der Waals surface area contributed by atoms with E-state index in [0.717, 1.165) is 12.8 Å². The molecule has 17 heavy (non-hydrogen) atoms. The normalized spacial score (nSPS) is 14.6. The molecule has 1 aromatic carbocycles. The number of rotatable bonds is 4. The van der Waals surface area contributed by atoms with E-state index in [4.69, 9.17) is 5.11 Å². The summed E-state index contributed by atoms with van der Waals surface area (Å²) >= 11 is 0. The fourth-order valence-electron chi connectivity index (χ4n) is 1.83. The molecular weight excluding hydrogens is 222 g/mol. The van der Waals surface area contributed by atoms with Gasteiger partial charge in [0.05, 0.1) is 6.61 Å². The highest BCUT2D eigenvalue weighted by molar-refractivity contribution is 5.95. The molecule has 1 aliphatic carbocycles. The van der Waals surface area contributed by atoms with Crippen LogP contribution in [-0.4, -0.2) is 45.3 Å². The van der Waals surface area contributed by atoms with Gasteiger partial charge < -0.3 is 20.2 Å². The topological polar surface area (TPSA) is 81.0 Å². The van der Waals surface area contributed by atoms with E-state index in [1.54, 1.807) is 4.90 Å². The Morgan fingerprint density at radius 2 is 1.82 bits per heavy atom. The summed E-state index contributed by atoms with van der Waals surface area (Å²) < 4.78 is 0. The van der Waals surface area contributed by atoms with E-state index in [-0.39, 0.29) is 42.2 Å². The molecule has 0 heterocycles. The van der Waals surface area contributed by atoms with Crippen molar-refractivity contribution in [1.29, 1.82) is 0 Å². The maximum absolute atomic E-state index is 12.1. The molecule has 0 radical (unpaired) electrons. The minimum atomic E-state index is -0.271. The Balaban J connectivity index is 2.21. The van der Waals surface area contributed by atoms with E-state index >= 15 is 0 Å². The third-order valence-corrected chi connectivity index (χ3v) is 2.74. The number of hydrogen-bond donors (Lipinski definition) is 3. The third-order valence-electron chi connectivity index (χ3n) is 2.74. The summed E-state index contributed by atoms with van der Waals surface area (Å²) in [5.74, 6) is -0.561. The zero-order chi connectivity index (χ0) is 12.4. The molecule has 0 aliphatic heterocycles. The first-order chi connectivity index (χ1) is 8.11. The van der Waals surface area contributed by atoms with Crippen molar-refractivity contribution in [3.05, 3.63) is 23.8 Å². The lowest BCUT2D eigenvalue weighted by molar-refractivity contribution is 0.0707. The molecule has 1 aromatic rings. The van der Waals surface area contributed by atoms with Gasteiger partial charge in [-0.3, -0.25) is 4.79 Å². The van der Waals surface area contributed by atoms with Crippen molar-refractivity contribution in [2.24, 2.45) is 0 Å². The summed E-state index contributed by atoms with van der Waals surface area (Å²) in [5.41, 5.74) is 0.239. The van der Waals surface area contributed by atoms with Crippen LogP contribution in [0.5, 0.6) is 11.5 Å². The minimum absolute atomic E-state index is 0.0902. The first-order valence-electron chi connectivity index (χ1n) is 5.56. The second kappa shape index (κ2) is 4.63. The van der Waals surface area contributed by atoms with E-state index in [1.165, 1.54) is 18.2 Å². The molecule has 0 bridgehead atoms. The number of amides is 1. The maximum Gasteiger partial charge on any atom is 0.254 e. The number of aliphatic hydroxyl groups excluding tert-OH is 1. The highest BCUT2D eigenvalue weighted by Gasteiger charge is 2.32. The Hall–Kier alpha value is -1.75. The van der Waals surface area contributed by atoms with E-state index < -0.39 is 0 Å². The molecule has 1 saturated carbocycles. The van der Waals surface area contributed by atoms with Crippen LogP contribution < -0.4 is 0 Å². The van der Waals surface area contributed by atoms with Gasteiger partial charge in [0.15, 0.2) is 0 Å². The number of carbonyl (C=O) groups is 1. The number of nitrogens with zero attached hydrogens (tertiary/aromatic N) is 1. The van der Waals surface area contributed by atoms with Gasteiger partial charge in [-0.15, -0.1) is 0 Å². The Kier molecular flexibility index (Phi) is 3.19. The van der Waals surface area contributed by atoms with Crippen molar-refractivity contribution in [2.75, 3.05) is 13.2 Å². The van der Waals surface area contributed by atoms with Crippen molar-refractivity contribution in [2.45, 2.75) is 18.9 Å². The number of phenols is 2. The summed E-state index contributed by atoms with van der Waals surface area (Å²) in [4.78, 5) is 13.7. The van der Waals surface area contributed by atoms with Crippen LogP contribution in [0, 0.1) is 0 Å². The molecule has 3 N–H and O–H groups in total. The lowest BCUT2D eigenvalue weighted by Gasteiger charge is -2.21. The summed E-state index contributed by atoms with van der Waals surface area (Å²) in [7, 11) is 0. The maximum atomic E-state index is 12.1. The van der Waals surface area contributed by atoms with E-state index in [0.29, 0.717) is 0 Å². The van der Waals surface area contributed by atoms with Gasteiger partial charge in [0.25, 0.3) is 5.91 Å². The van der Waals surface area contributed by atoms with Crippen LogP contribution in [0.15, 0.2) is 18.2 Å². The number of phenolic OH excluding ortho intramolecular Hbond substituents is 2. The lowest BCUT2D eigenvalue weighted by atomic mass is 10.1. The fourth-order valence-corrected chi connectivity index (χ4v) is 1.83. The molecule has 0 atom stereocenters.